The predicted octanol–water partition coefficient (Wildman–Crippen LogP) is 3.35. The van der Waals surface area contributed by atoms with Crippen molar-refractivity contribution in [2.24, 2.45) is 5.10 Å². The smallest absolute Gasteiger partial charge is 0.255 e. The van der Waals surface area contributed by atoms with Crippen LogP contribution in [0, 0.1) is 6.92 Å². The van der Waals surface area contributed by atoms with Crippen molar-refractivity contribution in [1.29, 1.82) is 0 Å². The lowest BCUT2D eigenvalue weighted by Gasteiger charge is -2.18. The number of likely N-dealkylation sites (N-methyl/N-ethyl adjacent to an activating group) is 1. The van der Waals surface area contributed by atoms with E-state index in [4.69, 9.17) is 9.47 Å². The second-order valence-electron chi connectivity index (χ2n) is 7.55. The number of aryl methyl sites for hydroxylation is 1. The summed E-state index contributed by atoms with van der Waals surface area (Å²) in [5.41, 5.74) is 4.93. The van der Waals surface area contributed by atoms with E-state index in [9.17, 15) is 13.2 Å². The fourth-order valence-corrected chi connectivity index (χ4v) is 4.41. The van der Waals surface area contributed by atoms with Crippen LogP contribution in [0.3, 0.4) is 0 Å². The monoisotopic (exact) mass is 481 g/mol. The van der Waals surface area contributed by atoms with Crippen molar-refractivity contribution in [1.82, 2.24) is 9.73 Å². The van der Waals surface area contributed by atoms with Gasteiger partial charge in [-0.05, 0) is 60.0 Å². The Morgan fingerprint density at radius 1 is 1.06 bits per heavy atom. The van der Waals surface area contributed by atoms with Gasteiger partial charge in [0.25, 0.3) is 5.91 Å². The summed E-state index contributed by atoms with van der Waals surface area (Å²) in [4.78, 5) is 12.2. The molecule has 9 heteroatoms. The third kappa shape index (κ3) is 6.66. The largest absolute Gasteiger partial charge is 0.495 e. The number of sulfonamides is 1. The highest BCUT2D eigenvalue weighted by Crippen LogP contribution is 2.27. The number of methoxy groups -OCH3 is 1. The number of carbonyl (C=O) groups excluding carboxylic acids is 1. The molecule has 0 fully saturated rings. The number of nitrogens with zero attached hydrogens (tertiary/aromatic N) is 2. The van der Waals surface area contributed by atoms with E-state index in [2.05, 4.69) is 10.5 Å². The fourth-order valence-electron chi connectivity index (χ4n) is 3.05. The average molecular weight is 482 g/mol. The van der Waals surface area contributed by atoms with E-state index in [-0.39, 0.29) is 10.6 Å². The average Bonchev–Trinajstić information content (AvgIpc) is 2.84. The van der Waals surface area contributed by atoms with Gasteiger partial charge < -0.3 is 9.47 Å². The molecule has 0 aromatic heterocycles. The van der Waals surface area contributed by atoms with Crippen LogP contribution < -0.4 is 14.9 Å². The van der Waals surface area contributed by atoms with Crippen molar-refractivity contribution in [2.75, 3.05) is 20.7 Å². The van der Waals surface area contributed by atoms with Gasteiger partial charge in [-0.15, -0.1) is 0 Å². The van der Waals surface area contributed by atoms with Crippen molar-refractivity contribution in [3.8, 4) is 11.5 Å². The second kappa shape index (κ2) is 11.4. The highest BCUT2D eigenvalue weighted by molar-refractivity contribution is 7.89. The molecule has 34 heavy (non-hydrogen) atoms. The normalized spacial score (nSPS) is 11.5. The van der Waals surface area contributed by atoms with Crippen LogP contribution in [0.2, 0.25) is 0 Å². The zero-order valence-corrected chi connectivity index (χ0v) is 20.1. The standard InChI is InChI=1S/C25H27N3O5S/c1-19-9-14-23(32-3)24(15-19)34(30,31)28(2)17-25(29)27-26-16-20-10-12-22(13-11-20)33-18-21-7-5-4-6-8-21/h4-16H,17-18H2,1-3H3,(H,27,29)/b26-16+. The lowest BCUT2D eigenvalue weighted by Crippen LogP contribution is -2.36. The summed E-state index contributed by atoms with van der Waals surface area (Å²) in [7, 11) is -1.20. The van der Waals surface area contributed by atoms with Crippen LogP contribution in [0.4, 0.5) is 0 Å². The van der Waals surface area contributed by atoms with Crippen molar-refractivity contribution in [2.45, 2.75) is 18.4 Å². The third-order valence-electron chi connectivity index (χ3n) is 4.90. The summed E-state index contributed by atoms with van der Waals surface area (Å²) in [6.07, 6.45) is 1.47. The topological polar surface area (TPSA) is 97.3 Å². The molecule has 3 rings (SSSR count). The lowest BCUT2D eigenvalue weighted by atomic mass is 10.2. The van der Waals surface area contributed by atoms with Crippen LogP contribution in [-0.2, 0) is 21.4 Å². The van der Waals surface area contributed by atoms with Crippen molar-refractivity contribution < 1.29 is 22.7 Å². The molecule has 3 aromatic carbocycles. The number of hydrogen-bond donors (Lipinski definition) is 1. The molecule has 178 valence electrons. The quantitative estimate of drug-likeness (QED) is 0.354. The number of ether oxygens (including phenoxy) is 2. The highest BCUT2D eigenvalue weighted by Gasteiger charge is 2.26. The Morgan fingerprint density at radius 2 is 1.76 bits per heavy atom. The molecule has 0 bridgehead atoms. The number of nitrogens with one attached hydrogen (secondary N) is 1. The number of hydrazone groups is 1. The molecule has 0 radical (unpaired) electrons. The van der Waals surface area contributed by atoms with Crippen molar-refractivity contribution in [3.63, 3.8) is 0 Å². The number of hydrogen-bond acceptors (Lipinski definition) is 6. The van der Waals surface area contributed by atoms with Crippen LogP contribution >= 0.6 is 0 Å². The van der Waals surface area contributed by atoms with Crippen molar-refractivity contribution >= 4 is 22.1 Å². The molecule has 1 amide bonds. The van der Waals surface area contributed by atoms with E-state index in [1.165, 1.54) is 26.4 Å². The molecule has 0 unspecified atom stereocenters. The highest BCUT2D eigenvalue weighted by atomic mass is 32.2. The molecule has 0 aliphatic rings. The first-order valence-corrected chi connectivity index (χ1v) is 11.9. The number of carbonyl (C=O) groups is 1. The Bertz CT molecular complexity index is 1240. The van der Waals surface area contributed by atoms with Gasteiger partial charge in [-0.3, -0.25) is 4.79 Å². The summed E-state index contributed by atoms with van der Waals surface area (Å²) >= 11 is 0. The lowest BCUT2D eigenvalue weighted by molar-refractivity contribution is -0.121. The van der Waals surface area contributed by atoms with Crippen LogP contribution in [0.1, 0.15) is 16.7 Å². The van der Waals surface area contributed by atoms with Gasteiger partial charge in [-0.25, -0.2) is 13.8 Å². The van der Waals surface area contributed by atoms with Gasteiger partial charge in [-0.1, -0.05) is 36.4 Å². The summed E-state index contributed by atoms with van der Waals surface area (Å²) in [6, 6.07) is 21.9. The first-order valence-electron chi connectivity index (χ1n) is 10.5. The van der Waals surface area contributed by atoms with E-state index in [1.54, 1.807) is 31.2 Å². The van der Waals surface area contributed by atoms with E-state index >= 15 is 0 Å². The minimum atomic E-state index is -3.93. The van der Waals surface area contributed by atoms with Gasteiger partial charge in [0.15, 0.2) is 0 Å². The Kier molecular flexibility index (Phi) is 8.39. The SMILES string of the molecule is COc1ccc(C)cc1S(=O)(=O)N(C)CC(=O)N/N=C/c1ccc(OCc2ccccc2)cc1. The van der Waals surface area contributed by atoms with Gasteiger partial charge in [0, 0.05) is 7.05 Å². The van der Waals surface area contributed by atoms with Gasteiger partial charge in [-0.2, -0.15) is 9.41 Å². The van der Waals surface area contributed by atoms with Gasteiger partial charge in [0.05, 0.1) is 19.9 Å². The van der Waals surface area contributed by atoms with Gasteiger partial charge in [0.1, 0.15) is 23.0 Å². The minimum Gasteiger partial charge on any atom is -0.495 e. The number of rotatable bonds is 10. The summed E-state index contributed by atoms with van der Waals surface area (Å²) in [5.74, 6) is 0.354. The molecule has 0 saturated carbocycles. The maximum Gasteiger partial charge on any atom is 0.255 e. The van der Waals surface area contributed by atoms with Gasteiger partial charge >= 0.3 is 0 Å². The van der Waals surface area contributed by atoms with E-state index in [0.717, 1.165) is 21.0 Å². The molecule has 0 aliphatic carbocycles. The predicted molar refractivity (Wildman–Crippen MR) is 130 cm³/mol. The first kappa shape index (κ1) is 24.9. The third-order valence-corrected chi connectivity index (χ3v) is 6.73. The van der Waals surface area contributed by atoms with Crippen LogP contribution in [0.5, 0.6) is 11.5 Å². The molecule has 0 aliphatic heterocycles. The first-order chi connectivity index (χ1) is 16.3. The van der Waals surface area contributed by atoms with Crippen LogP contribution in [0.15, 0.2) is 82.8 Å². The Morgan fingerprint density at radius 3 is 2.44 bits per heavy atom. The maximum atomic E-state index is 12.9. The van der Waals surface area contributed by atoms with E-state index < -0.39 is 22.5 Å². The summed E-state index contributed by atoms with van der Waals surface area (Å²) in [5, 5.41) is 3.91. The zero-order chi connectivity index (χ0) is 24.6. The molecule has 3 aromatic rings. The van der Waals surface area contributed by atoms with E-state index in [1.807, 2.05) is 42.5 Å². The fraction of sp³-hybridized carbons (Fsp3) is 0.200. The van der Waals surface area contributed by atoms with Gasteiger partial charge in [0.2, 0.25) is 10.0 Å². The zero-order valence-electron chi connectivity index (χ0n) is 19.3. The summed E-state index contributed by atoms with van der Waals surface area (Å²) < 4.78 is 37.6. The molecule has 0 atom stereocenters. The van der Waals surface area contributed by atoms with Crippen molar-refractivity contribution in [3.05, 3.63) is 89.5 Å². The molecular formula is C25H27N3O5S. The second-order valence-corrected chi connectivity index (χ2v) is 9.57. The molecule has 0 saturated heterocycles. The molecular weight excluding hydrogens is 454 g/mol. The van der Waals surface area contributed by atoms with E-state index in [0.29, 0.717) is 12.4 Å². The number of amides is 1. The van der Waals surface area contributed by atoms with Crippen LogP contribution in [0.25, 0.3) is 0 Å². The summed E-state index contributed by atoms with van der Waals surface area (Å²) in [6.45, 7) is 1.85. The molecule has 0 spiro atoms. The maximum absolute atomic E-state index is 12.9. The molecule has 0 heterocycles. The Balaban J connectivity index is 1.53. The Hall–Kier alpha value is -3.69. The van der Waals surface area contributed by atoms with Crippen LogP contribution in [-0.4, -0.2) is 45.5 Å². The number of benzene rings is 3. The molecule has 1 N–H and O–H groups in total. The minimum absolute atomic E-state index is 0.00312. The molecule has 8 nitrogen and oxygen atoms in total. The Labute approximate surface area is 199 Å².